The Hall–Kier alpha value is -1.27. The van der Waals surface area contributed by atoms with Crippen molar-refractivity contribution in [3.05, 3.63) is 26.4 Å². The minimum absolute atomic E-state index is 0.0526. The zero-order chi connectivity index (χ0) is 13.4. The van der Waals surface area contributed by atoms with Crippen molar-refractivity contribution in [2.75, 3.05) is 5.32 Å². The molecule has 1 aliphatic carbocycles. The lowest BCUT2D eigenvalue weighted by molar-refractivity contribution is 0.102. The van der Waals surface area contributed by atoms with Crippen LogP contribution in [-0.4, -0.2) is 16.1 Å². The van der Waals surface area contributed by atoms with Crippen molar-refractivity contribution in [2.45, 2.75) is 33.1 Å². The van der Waals surface area contributed by atoms with E-state index in [1.165, 1.54) is 28.2 Å². The average molecular weight is 293 g/mol. The zero-order valence-electron chi connectivity index (χ0n) is 10.9. The van der Waals surface area contributed by atoms with E-state index >= 15 is 0 Å². The van der Waals surface area contributed by atoms with Crippen molar-refractivity contribution in [2.24, 2.45) is 5.92 Å². The van der Waals surface area contributed by atoms with E-state index in [1.54, 1.807) is 11.3 Å². The molecule has 1 N–H and O–H groups in total. The number of hydrogen-bond acceptors (Lipinski definition) is 5. The Morgan fingerprint density at radius 2 is 2.32 bits per heavy atom. The van der Waals surface area contributed by atoms with E-state index in [0.29, 0.717) is 5.13 Å². The van der Waals surface area contributed by atoms with Crippen LogP contribution in [0.1, 0.15) is 39.2 Å². The minimum Gasteiger partial charge on any atom is -0.296 e. The van der Waals surface area contributed by atoms with Crippen LogP contribution < -0.4 is 5.32 Å². The van der Waals surface area contributed by atoms with Gasteiger partial charge in [0.2, 0.25) is 5.13 Å². The number of thiophene rings is 1. The molecule has 2 aromatic heterocycles. The monoisotopic (exact) mass is 293 g/mol. The summed E-state index contributed by atoms with van der Waals surface area (Å²) in [7, 11) is 0. The van der Waals surface area contributed by atoms with Gasteiger partial charge in [-0.1, -0.05) is 18.3 Å². The number of aryl methyl sites for hydroxylation is 1. The molecule has 0 aromatic carbocycles. The molecule has 1 atom stereocenters. The fourth-order valence-electron chi connectivity index (χ4n) is 2.38. The second kappa shape index (κ2) is 5.02. The highest BCUT2D eigenvalue weighted by molar-refractivity contribution is 7.15. The SMILES string of the molecule is Cc1nnc(NC(=O)c2csc3c2CC[C@H](C)C3)s1. The van der Waals surface area contributed by atoms with E-state index in [2.05, 4.69) is 22.4 Å². The molecule has 6 heteroatoms. The van der Waals surface area contributed by atoms with Crippen LogP contribution in [0.25, 0.3) is 0 Å². The fraction of sp³-hybridized carbons (Fsp3) is 0.462. The summed E-state index contributed by atoms with van der Waals surface area (Å²) in [5.74, 6) is 0.677. The van der Waals surface area contributed by atoms with Crippen molar-refractivity contribution in [1.82, 2.24) is 10.2 Å². The second-order valence-electron chi connectivity index (χ2n) is 4.98. The predicted molar refractivity (Wildman–Crippen MR) is 78.1 cm³/mol. The molecule has 0 radical (unpaired) electrons. The summed E-state index contributed by atoms with van der Waals surface area (Å²) in [4.78, 5) is 13.6. The maximum absolute atomic E-state index is 12.3. The standard InChI is InChI=1S/C13H15N3OS2/c1-7-3-4-9-10(6-18-11(9)5-7)12(17)14-13-16-15-8(2)19-13/h6-7H,3-5H2,1-2H3,(H,14,16,17)/t7-/m0/s1. The summed E-state index contributed by atoms with van der Waals surface area (Å²) < 4.78 is 0. The van der Waals surface area contributed by atoms with Gasteiger partial charge in [-0.25, -0.2) is 0 Å². The molecule has 2 aromatic rings. The molecule has 0 aliphatic heterocycles. The number of hydrogen-bond donors (Lipinski definition) is 1. The first-order valence-corrected chi connectivity index (χ1v) is 8.04. The van der Waals surface area contributed by atoms with Gasteiger partial charge in [0.25, 0.3) is 5.91 Å². The minimum atomic E-state index is -0.0526. The summed E-state index contributed by atoms with van der Waals surface area (Å²) in [6, 6.07) is 0. The van der Waals surface area contributed by atoms with Gasteiger partial charge in [0.15, 0.2) is 0 Å². The van der Waals surface area contributed by atoms with Crippen molar-refractivity contribution < 1.29 is 4.79 Å². The van der Waals surface area contributed by atoms with Crippen molar-refractivity contribution >= 4 is 33.7 Å². The largest absolute Gasteiger partial charge is 0.296 e. The Balaban J connectivity index is 1.81. The third-order valence-corrected chi connectivity index (χ3v) is 5.20. The Labute approximate surface area is 119 Å². The molecule has 4 nitrogen and oxygen atoms in total. The second-order valence-corrected chi connectivity index (χ2v) is 7.13. The molecule has 2 heterocycles. The molecule has 0 spiro atoms. The molecule has 1 amide bonds. The maximum atomic E-state index is 12.3. The highest BCUT2D eigenvalue weighted by atomic mass is 32.1. The predicted octanol–water partition coefficient (Wildman–Crippen LogP) is 3.29. The van der Waals surface area contributed by atoms with Gasteiger partial charge in [0.05, 0.1) is 5.56 Å². The van der Waals surface area contributed by atoms with Gasteiger partial charge < -0.3 is 0 Å². The summed E-state index contributed by atoms with van der Waals surface area (Å²) in [6.07, 6.45) is 3.28. The van der Waals surface area contributed by atoms with Crippen molar-refractivity contribution in [3.63, 3.8) is 0 Å². The highest BCUT2D eigenvalue weighted by Crippen LogP contribution is 2.33. The molecule has 0 saturated heterocycles. The fourth-order valence-corrected chi connectivity index (χ4v) is 4.21. The van der Waals surface area contributed by atoms with E-state index in [-0.39, 0.29) is 5.91 Å². The van der Waals surface area contributed by atoms with Crippen LogP contribution in [0.2, 0.25) is 0 Å². The van der Waals surface area contributed by atoms with Crippen LogP contribution in [0.15, 0.2) is 5.38 Å². The number of carbonyl (C=O) groups excluding carboxylic acids is 1. The van der Waals surface area contributed by atoms with Crippen LogP contribution >= 0.6 is 22.7 Å². The molecule has 100 valence electrons. The summed E-state index contributed by atoms with van der Waals surface area (Å²) >= 11 is 3.11. The van der Waals surface area contributed by atoms with Gasteiger partial charge in [-0.3, -0.25) is 10.1 Å². The molecular formula is C13H15N3OS2. The molecule has 3 rings (SSSR count). The van der Waals surface area contributed by atoms with Crippen molar-refractivity contribution in [1.29, 1.82) is 0 Å². The van der Waals surface area contributed by atoms with Crippen LogP contribution in [0.5, 0.6) is 0 Å². The zero-order valence-corrected chi connectivity index (χ0v) is 12.5. The normalized spacial score (nSPS) is 18.1. The summed E-state index contributed by atoms with van der Waals surface area (Å²) in [5, 5.41) is 14.1. The Kier molecular flexibility index (Phi) is 3.36. The number of nitrogens with zero attached hydrogens (tertiary/aromatic N) is 2. The smallest absolute Gasteiger partial charge is 0.258 e. The van der Waals surface area contributed by atoms with E-state index < -0.39 is 0 Å². The van der Waals surface area contributed by atoms with Gasteiger partial charge in [-0.15, -0.1) is 21.5 Å². The molecule has 1 aliphatic rings. The maximum Gasteiger partial charge on any atom is 0.258 e. The van der Waals surface area contributed by atoms with Gasteiger partial charge in [0, 0.05) is 10.3 Å². The third kappa shape index (κ3) is 2.55. The van der Waals surface area contributed by atoms with Crippen LogP contribution in [0.4, 0.5) is 5.13 Å². The number of carbonyl (C=O) groups is 1. The third-order valence-electron chi connectivity index (χ3n) is 3.39. The quantitative estimate of drug-likeness (QED) is 0.924. The number of rotatable bonds is 2. The van der Waals surface area contributed by atoms with Gasteiger partial charge >= 0.3 is 0 Å². The number of anilines is 1. The van der Waals surface area contributed by atoms with Gasteiger partial charge in [-0.05, 0) is 37.7 Å². The lowest BCUT2D eigenvalue weighted by atomic mass is 9.88. The molecule has 0 saturated carbocycles. The van der Waals surface area contributed by atoms with E-state index in [4.69, 9.17) is 0 Å². The lowest BCUT2D eigenvalue weighted by Crippen LogP contribution is -2.16. The van der Waals surface area contributed by atoms with Crippen LogP contribution in [0, 0.1) is 12.8 Å². The molecule has 0 fully saturated rings. The number of fused-ring (bicyclic) bond motifs is 1. The van der Waals surface area contributed by atoms with E-state index in [1.807, 2.05) is 12.3 Å². The lowest BCUT2D eigenvalue weighted by Gasteiger charge is -2.18. The van der Waals surface area contributed by atoms with E-state index in [0.717, 1.165) is 29.3 Å². The van der Waals surface area contributed by atoms with Crippen LogP contribution in [0.3, 0.4) is 0 Å². The van der Waals surface area contributed by atoms with Gasteiger partial charge in [-0.2, -0.15) is 0 Å². The first-order valence-electron chi connectivity index (χ1n) is 6.34. The number of aromatic nitrogens is 2. The Morgan fingerprint density at radius 1 is 1.47 bits per heavy atom. The number of amides is 1. The molecule has 0 bridgehead atoms. The average Bonchev–Trinajstić information content (AvgIpc) is 2.95. The summed E-state index contributed by atoms with van der Waals surface area (Å²) in [6.45, 7) is 4.15. The first kappa shape index (κ1) is 12.7. The summed E-state index contributed by atoms with van der Waals surface area (Å²) in [5.41, 5.74) is 2.06. The van der Waals surface area contributed by atoms with E-state index in [9.17, 15) is 4.79 Å². The molecule has 19 heavy (non-hydrogen) atoms. The topological polar surface area (TPSA) is 54.9 Å². The first-order chi connectivity index (χ1) is 9.13. The number of nitrogens with one attached hydrogen (secondary N) is 1. The Bertz CT molecular complexity index is 617. The van der Waals surface area contributed by atoms with Crippen molar-refractivity contribution in [3.8, 4) is 0 Å². The molecular weight excluding hydrogens is 278 g/mol. The molecule has 0 unspecified atom stereocenters. The van der Waals surface area contributed by atoms with Gasteiger partial charge in [0.1, 0.15) is 5.01 Å². The van der Waals surface area contributed by atoms with Crippen LogP contribution in [-0.2, 0) is 12.8 Å². The highest BCUT2D eigenvalue weighted by Gasteiger charge is 2.23. The Morgan fingerprint density at radius 3 is 3.05 bits per heavy atom.